The van der Waals surface area contributed by atoms with Crippen LogP contribution in [0.4, 0.5) is 15.9 Å². The molecule has 1 amide bonds. The van der Waals surface area contributed by atoms with Crippen LogP contribution < -0.4 is 10.6 Å². The van der Waals surface area contributed by atoms with Gasteiger partial charge in [0.1, 0.15) is 11.6 Å². The maximum absolute atomic E-state index is 13.0. The number of nitrogens with one attached hydrogen (secondary N) is 2. The molecule has 0 saturated heterocycles. The van der Waals surface area contributed by atoms with Crippen molar-refractivity contribution in [3.8, 4) is 0 Å². The van der Waals surface area contributed by atoms with Crippen LogP contribution >= 0.6 is 22.6 Å². The predicted molar refractivity (Wildman–Crippen MR) is 90.1 cm³/mol. The van der Waals surface area contributed by atoms with E-state index in [0.29, 0.717) is 20.6 Å². The van der Waals surface area contributed by atoms with Gasteiger partial charge in [0.25, 0.3) is 5.91 Å². The summed E-state index contributed by atoms with van der Waals surface area (Å²) in [7, 11) is 0. The molecule has 21 heavy (non-hydrogen) atoms. The van der Waals surface area contributed by atoms with E-state index < -0.39 is 0 Å². The standard InChI is InChI=1S/C15H15FIN3O/c1-2-6-18-14-8-10(5-7-19-14)15(21)20-13-4-3-11(16)9-12(13)17/h3-5,7-9H,2,6H2,1H3,(H,18,19)(H,20,21). The van der Waals surface area contributed by atoms with E-state index >= 15 is 0 Å². The molecule has 6 heteroatoms. The summed E-state index contributed by atoms with van der Waals surface area (Å²) < 4.78 is 13.7. The molecule has 0 unspecified atom stereocenters. The van der Waals surface area contributed by atoms with Crippen molar-refractivity contribution in [1.82, 2.24) is 4.98 Å². The summed E-state index contributed by atoms with van der Waals surface area (Å²) >= 11 is 1.98. The highest BCUT2D eigenvalue weighted by atomic mass is 127. The number of anilines is 2. The van der Waals surface area contributed by atoms with Crippen LogP contribution in [-0.2, 0) is 0 Å². The number of aromatic nitrogens is 1. The van der Waals surface area contributed by atoms with Crippen LogP contribution in [0.15, 0.2) is 36.5 Å². The largest absolute Gasteiger partial charge is 0.370 e. The summed E-state index contributed by atoms with van der Waals surface area (Å²) in [4.78, 5) is 16.4. The molecule has 1 aromatic heterocycles. The lowest BCUT2D eigenvalue weighted by molar-refractivity contribution is 0.102. The molecule has 0 aliphatic rings. The van der Waals surface area contributed by atoms with Gasteiger partial charge in [0.05, 0.1) is 5.69 Å². The molecular weight excluding hydrogens is 384 g/mol. The van der Waals surface area contributed by atoms with Crippen molar-refractivity contribution in [1.29, 1.82) is 0 Å². The lowest BCUT2D eigenvalue weighted by atomic mass is 10.2. The Labute approximate surface area is 136 Å². The summed E-state index contributed by atoms with van der Waals surface area (Å²) in [5, 5.41) is 5.90. The number of halogens is 2. The van der Waals surface area contributed by atoms with Crippen LogP contribution in [0.25, 0.3) is 0 Å². The Hall–Kier alpha value is -1.70. The number of amides is 1. The van der Waals surface area contributed by atoms with Crippen molar-refractivity contribution in [2.24, 2.45) is 0 Å². The number of pyridine rings is 1. The first kappa shape index (κ1) is 15.7. The van der Waals surface area contributed by atoms with E-state index in [0.717, 1.165) is 13.0 Å². The van der Waals surface area contributed by atoms with Gasteiger partial charge in [0, 0.05) is 21.9 Å². The van der Waals surface area contributed by atoms with E-state index in [2.05, 4.69) is 22.5 Å². The Kier molecular flexibility index (Phi) is 5.49. The highest BCUT2D eigenvalue weighted by molar-refractivity contribution is 14.1. The van der Waals surface area contributed by atoms with Gasteiger partial charge in [-0.25, -0.2) is 9.37 Å². The summed E-state index contributed by atoms with van der Waals surface area (Å²) in [6.07, 6.45) is 2.56. The summed E-state index contributed by atoms with van der Waals surface area (Å²) in [5.41, 5.74) is 1.09. The van der Waals surface area contributed by atoms with E-state index in [9.17, 15) is 9.18 Å². The number of benzene rings is 1. The molecule has 1 aromatic carbocycles. The van der Waals surface area contributed by atoms with E-state index in [1.165, 1.54) is 12.1 Å². The molecule has 0 radical (unpaired) electrons. The molecule has 2 aromatic rings. The second-order valence-corrected chi connectivity index (χ2v) is 5.60. The van der Waals surface area contributed by atoms with Crippen molar-refractivity contribution in [3.63, 3.8) is 0 Å². The quantitative estimate of drug-likeness (QED) is 0.750. The SMILES string of the molecule is CCCNc1cc(C(=O)Nc2ccc(F)cc2I)ccn1. The van der Waals surface area contributed by atoms with Crippen molar-refractivity contribution in [3.05, 3.63) is 51.5 Å². The zero-order chi connectivity index (χ0) is 15.2. The second kappa shape index (κ2) is 7.35. The lowest BCUT2D eigenvalue weighted by Crippen LogP contribution is -2.14. The van der Waals surface area contributed by atoms with E-state index in [1.807, 2.05) is 22.6 Å². The molecule has 0 atom stereocenters. The van der Waals surface area contributed by atoms with E-state index in [1.54, 1.807) is 24.4 Å². The van der Waals surface area contributed by atoms with Gasteiger partial charge in [-0.1, -0.05) is 6.92 Å². The Morgan fingerprint density at radius 1 is 1.33 bits per heavy atom. The summed E-state index contributed by atoms with van der Waals surface area (Å²) in [6, 6.07) is 7.58. The van der Waals surface area contributed by atoms with Gasteiger partial charge in [0.15, 0.2) is 0 Å². The Balaban J connectivity index is 2.12. The minimum Gasteiger partial charge on any atom is -0.370 e. The van der Waals surface area contributed by atoms with Crippen LogP contribution in [0.3, 0.4) is 0 Å². The lowest BCUT2D eigenvalue weighted by Gasteiger charge is -2.09. The summed E-state index contributed by atoms with van der Waals surface area (Å²) in [6.45, 7) is 2.86. The van der Waals surface area contributed by atoms with E-state index in [-0.39, 0.29) is 11.7 Å². The molecule has 110 valence electrons. The summed E-state index contributed by atoms with van der Waals surface area (Å²) in [5.74, 6) is 0.0899. The topological polar surface area (TPSA) is 54.0 Å². The van der Waals surface area contributed by atoms with Gasteiger partial charge >= 0.3 is 0 Å². The van der Waals surface area contributed by atoms with Crippen LogP contribution in [-0.4, -0.2) is 17.4 Å². The number of carbonyl (C=O) groups excluding carboxylic acids is 1. The van der Waals surface area contributed by atoms with Crippen LogP contribution in [0, 0.1) is 9.39 Å². The molecule has 0 spiro atoms. The zero-order valence-electron chi connectivity index (χ0n) is 11.5. The molecule has 0 fully saturated rings. The number of hydrogen-bond donors (Lipinski definition) is 2. The second-order valence-electron chi connectivity index (χ2n) is 4.43. The average molecular weight is 399 g/mol. The number of nitrogens with zero attached hydrogens (tertiary/aromatic N) is 1. The highest BCUT2D eigenvalue weighted by Crippen LogP contribution is 2.20. The fraction of sp³-hybridized carbons (Fsp3) is 0.200. The molecule has 2 rings (SSSR count). The minimum atomic E-state index is -0.327. The molecule has 0 aliphatic heterocycles. The van der Waals surface area contributed by atoms with Crippen LogP contribution in [0.1, 0.15) is 23.7 Å². The molecule has 1 heterocycles. The van der Waals surface area contributed by atoms with Crippen molar-refractivity contribution in [2.75, 3.05) is 17.2 Å². The van der Waals surface area contributed by atoms with Gasteiger partial charge in [-0.3, -0.25) is 4.79 Å². The van der Waals surface area contributed by atoms with Crippen molar-refractivity contribution < 1.29 is 9.18 Å². The molecular formula is C15H15FIN3O. The monoisotopic (exact) mass is 399 g/mol. The number of rotatable bonds is 5. The normalized spacial score (nSPS) is 10.2. The predicted octanol–water partition coefficient (Wildman–Crippen LogP) is 3.90. The molecule has 4 nitrogen and oxygen atoms in total. The minimum absolute atomic E-state index is 0.249. The fourth-order valence-corrected chi connectivity index (χ4v) is 2.32. The smallest absolute Gasteiger partial charge is 0.255 e. The first-order valence-corrected chi connectivity index (χ1v) is 7.64. The number of hydrogen-bond acceptors (Lipinski definition) is 3. The Morgan fingerprint density at radius 2 is 2.14 bits per heavy atom. The Morgan fingerprint density at radius 3 is 2.86 bits per heavy atom. The molecule has 2 N–H and O–H groups in total. The van der Waals surface area contributed by atoms with Crippen LogP contribution in [0.2, 0.25) is 0 Å². The molecule has 0 aliphatic carbocycles. The molecule has 0 saturated carbocycles. The third-order valence-electron chi connectivity index (χ3n) is 2.76. The van der Waals surface area contributed by atoms with Gasteiger partial charge < -0.3 is 10.6 Å². The fourth-order valence-electron chi connectivity index (χ4n) is 1.71. The maximum Gasteiger partial charge on any atom is 0.255 e. The van der Waals surface area contributed by atoms with Gasteiger partial charge in [-0.2, -0.15) is 0 Å². The third-order valence-corrected chi connectivity index (χ3v) is 3.65. The molecule has 0 bridgehead atoms. The average Bonchev–Trinajstić information content (AvgIpc) is 2.48. The van der Waals surface area contributed by atoms with Crippen molar-refractivity contribution >= 4 is 40.0 Å². The Bertz CT molecular complexity index is 649. The first-order chi connectivity index (χ1) is 10.1. The van der Waals surface area contributed by atoms with Gasteiger partial charge in [-0.05, 0) is 59.3 Å². The van der Waals surface area contributed by atoms with Gasteiger partial charge in [-0.15, -0.1) is 0 Å². The van der Waals surface area contributed by atoms with Crippen LogP contribution in [0.5, 0.6) is 0 Å². The van der Waals surface area contributed by atoms with E-state index in [4.69, 9.17) is 0 Å². The third kappa shape index (κ3) is 4.38. The highest BCUT2D eigenvalue weighted by Gasteiger charge is 2.09. The first-order valence-electron chi connectivity index (χ1n) is 6.56. The van der Waals surface area contributed by atoms with Gasteiger partial charge in [0.2, 0.25) is 0 Å². The maximum atomic E-state index is 13.0. The van der Waals surface area contributed by atoms with Crippen molar-refractivity contribution in [2.45, 2.75) is 13.3 Å². The number of carbonyl (C=O) groups is 1. The zero-order valence-corrected chi connectivity index (χ0v) is 13.6.